The summed E-state index contributed by atoms with van der Waals surface area (Å²) >= 11 is 5.00. The molecule has 0 N–H and O–H groups in total. The zero-order chi connectivity index (χ0) is 9.10. The van der Waals surface area contributed by atoms with Crippen LogP contribution in [-0.2, 0) is 0 Å². The first-order chi connectivity index (χ1) is 6.36. The second kappa shape index (κ2) is 3.49. The van der Waals surface area contributed by atoms with E-state index in [1.54, 1.807) is 12.4 Å². The van der Waals surface area contributed by atoms with Crippen LogP contribution in [0.5, 0.6) is 0 Å². The number of nitrogens with zero attached hydrogens (tertiary/aromatic N) is 2. The molecule has 64 valence electrons. The van der Waals surface area contributed by atoms with E-state index >= 15 is 0 Å². The molecular formula is C10H8N2S. The Morgan fingerprint density at radius 3 is 2.23 bits per heavy atom. The van der Waals surface area contributed by atoms with Crippen LogP contribution in [0, 0.1) is 4.51 Å². The maximum Gasteiger partial charge on any atom is 0.0479 e. The van der Waals surface area contributed by atoms with Gasteiger partial charge in [0.15, 0.2) is 0 Å². The van der Waals surface area contributed by atoms with Crippen molar-refractivity contribution in [2.75, 3.05) is 0 Å². The highest BCUT2D eigenvalue weighted by Gasteiger charge is 1.90. The molecule has 0 aliphatic carbocycles. The van der Waals surface area contributed by atoms with Gasteiger partial charge in [0.2, 0.25) is 0 Å². The van der Waals surface area contributed by atoms with Crippen LogP contribution in [0.2, 0.25) is 0 Å². The topological polar surface area (TPSA) is 17.8 Å². The fourth-order valence-electron chi connectivity index (χ4n) is 1.10. The summed E-state index contributed by atoms with van der Waals surface area (Å²) in [5, 5.41) is 0. The van der Waals surface area contributed by atoms with E-state index in [-0.39, 0.29) is 0 Å². The average molecular weight is 188 g/mol. The predicted octanol–water partition coefficient (Wildman–Crippen LogP) is 2.60. The van der Waals surface area contributed by atoms with Gasteiger partial charge in [0.05, 0.1) is 0 Å². The zero-order valence-corrected chi connectivity index (χ0v) is 7.74. The van der Waals surface area contributed by atoms with E-state index in [1.807, 2.05) is 41.2 Å². The van der Waals surface area contributed by atoms with Crippen molar-refractivity contribution in [2.45, 2.75) is 0 Å². The Bertz CT molecular complexity index is 427. The molecule has 0 fully saturated rings. The van der Waals surface area contributed by atoms with Gasteiger partial charge in [-0.25, -0.2) is 0 Å². The summed E-state index contributed by atoms with van der Waals surface area (Å²) in [6, 6.07) is 7.69. The van der Waals surface area contributed by atoms with Crippen molar-refractivity contribution < 1.29 is 0 Å². The number of aromatic nitrogens is 2. The first-order valence-electron chi connectivity index (χ1n) is 3.95. The summed E-state index contributed by atoms with van der Waals surface area (Å²) in [6.07, 6.45) is 7.42. The molecule has 2 heterocycles. The van der Waals surface area contributed by atoms with Gasteiger partial charge < -0.3 is 4.57 Å². The van der Waals surface area contributed by atoms with Gasteiger partial charge in [0.1, 0.15) is 0 Å². The monoisotopic (exact) mass is 188 g/mol. The van der Waals surface area contributed by atoms with Crippen molar-refractivity contribution in [3.63, 3.8) is 0 Å². The Morgan fingerprint density at radius 2 is 1.62 bits per heavy atom. The molecular weight excluding hydrogens is 180 g/mol. The Morgan fingerprint density at radius 1 is 1.00 bits per heavy atom. The van der Waals surface area contributed by atoms with E-state index in [1.165, 1.54) is 0 Å². The zero-order valence-electron chi connectivity index (χ0n) is 6.92. The molecule has 0 spiro atoms. The molecule has 0 saturated heterocycles. The third kappa shape index (κ3) is 1.81. The molecule has 3 heteroatoms. The molecule has 0 amide bonds. The summed E-state index contributed by atoms with van der Waals surface area (Å²) in [7, 11) is 0. The van der Waals surface area contributed by atoms with Crippen LogP contribution in [-0.4, -0.2) is 9.55 Å². The fraction of sp³-hybridized carbons (Fsp3) is 0. The van der Waals surface area contributed by atoms with Crippen molar-refractivity contribution in [3.8, 4) is 5.69 Å². The van der Waals surface area contributed by atoms with Gasteiger partial charge in [0.25, 0.3) is 0 Å². The Balaban J connectivity index is 2.48. The predicted molar refractivity (Wildman–Crippen MR) is 54.4 cm³/mol. The Labute approximate surface area is 81.5 Å². The van der Waals surface area contributed by atoms with Crippen LogP contribution in [0.1, 0.15) is 0 Å². The number of rotatable bonds is 1. The van der Waals surface area contributed by atoms with E-state index in [4.69, 9.17) is 12.2 Å². The van der Waals surface area contributed by atoms with Gasteiger partial charge >= 0.3 is 0 Å². The molecule has 0 aliphatic heterocycles. The van der Waals surface area contributed by atoms with Crippen molar-refractivity contribution in [2.24, 2.45) is 0 Å². The quantitative estimate of drug-likeness (QED) is 0.640. The van der Waals surface area contributed by atoms with Crippen LogP contribution in [0.15, 0.2) is 49.1 Å². The number of hydrogen-bond acceptors (Lipinski definition) is 2. The molecule has 0 aliphatic rings. The second-order valence-corrected chi connectivity index (χ2v) is 3.12. The normalized spacial score (nSPS) is 9.85. The molecule has 0 radical (unpaired) electrons. The molecule has 0 bridgehead atoms. The maximum absolute atomic E-state index is 5.00. The van der Waals surface area contributed by atoms with Crippen molar-refractivity contribution in [1.29, 1.82) is 0 Å². The third-order valence-electron chi connectivity index (χ3n) is 1.76. The highest BCUT2D eigenvalue weighted by molar-refractivity contribution is 7.71. The van der Waals surface area contributed by atoms with Crippen molar-refractivity contribution >= 4 is 12.2 Å². The lowest BCUT2D eigenvalue weighted by Crippen LogP contribution is -1.92. The van der Waals surface area contributed by atoms with Crippen LogP contribution < -0.4 is 0 Å². The molecule has 2 nitrogen and oxygen atoms in total. The largest absolute Gasteiger partial charge is 0.324 e. The third-order valence-corrected chi connectivity index (χ3v) is 2.03. The SMILES string of the molecule is S=c1ccn(-c2ccncc2)cc1. The molecule has 13 heavy (non-hydrogen) atoms. The average Bonchev–Trinajstić information content (AvgIpc) is 2.20. The lowest BCUT2D eigenvalue weighted by atomic mass is 10.4. The van der Waals surface area contributed by atoms with E-state index in [2.05, 4.69) is 4.98 Å². The standard InChI is InChI=1S/C10H8N2S/c13-10-3-7-12(8-4-10)9-1-5-11-6-2-9/h1-8H. The first-order valence-corrected chi connectivity index (χ1v) is 4.36. The molecule has 2 aromatic heterocycles. The van der Waals surface area contributed by atoms with Gasteiger partial charge in [-0.1, -0.05) is 12.2 Å². The Kier molecular flexibility index (Phi) is 2.19. The summed E-state index contributed by atoms with van der Waals surface area (Å²) in [4.78, 5) is 3.95. The molecule has 0 atom stereocenters. The van der Waals surface area contributed by atoms with E-state index in [0.29, 0.717) is 0 Å². The van der Waals surface area contributed by atoms with Gasteiger partial charge in [0, 0.05) is 35.0 Å². The highest BCUT2D eigenvalue weighted by atomic mass is 32.1. The minimum Gasteiger partial charge on any atom is -0.324 e. The summed E-state index contributed by atoms with van der Waals surface area (Å²) in [5.41, 5.74) is 1.09. The van der Waals surface area contributed by atoms with E-state index < -0.39 is 0 Å². The summed E-state index contributed by atoms with van der Waals surface area (Å²) < 4.78 is 2.85. The highest BCUT2D eigenvalue weighted by Crippen LogP contribution is 2.04. The number of hydrogen-bond donors (Lipinski definition) is 0. The van der Waals surface area contributed by atoms with E-state index in [9.17, 15) is 0 Å². The van der Waals surface area contributed by atoms with Crippen LogP contribution in [0.3, 0.4) is 0 Å². The van der Waals surface area contributed by atoms with Crippen LogP contribution in [0.4, 0.5) is 0 Å². The smallest absolute Gasteiger partial charge is 0.0479 e. The second-order valence-electron chi connectivity index (χ2n) is 2.65. The van der Waals surface area contributed by atoms with Crippen molar-refractivity contribution in [1.82, 2.24) is 9.55 Å². The lowest BCUT2D eigenvalue weighted by molar-refractivity contribution is 1.03. The van der Waals surface area contributed by atoms with Gasteiger partial charge in [-0.05, 0) is 24.3 Å². The van der Waals surface area contributed by atoms with E-state index in [0.717, 1.165) is 10.2 Å². The van der Waals surface area contributed by atoms with Crippen LogP contribution >= 0.6 is 12.2 Å². The maximum atomic E-state index is 5.00. The summed E-state index contributed by atoms with van der Waals surface area (Å²) in [6.45, 7) is 0. The minimum absolute atomic E-state index is 0.852. The lowest BCUT2D eigenvalue weighted by Gasteiger charge is -2.03. The van der Waals surface area contributed by atoms with Crippen LogP contribution in [0.25, 0.3) is 5.69 Å². The molecule has 2 rings (SSSR count). The van der Waals surface area contributed by atoms with Gasteiger partial charge in [-0.2, -0.15) is 0 Å². The fourth-order valence-corrected chi connectivity index (χ4v) is 1.22. The van der Waals surface area contributed by atoms with Crippen molar-refractivity contribution in [3.05, 3.63) is 53.6 Å². The Hall–Kier alpha value is -1.48. The summed E-state index contributed by atoms with van der Waals surface area (Å²) in [5.74, 6) is 0. The van der Waals surface area contributed by atoms with Gasteiger partial charge in [-0.3, -0.25) is 4.98 Å². The first kappa shape index (κ1) is 8.13. The van der Waals surface area contributed by atoms with Gasteiger partial charge in [-0.15, -0.1) is 0 Å². The minimum atomic E-state index is 0.852. The molecule has 2 aromatic rings. The molecule has 0 aromatic carbocycles. The number of pyridine rings is 2. The molecule has 0 unspecified atom stereocenters. The molecule has 0 saturated carbocycles.